The van der Waals surface area contributed by atoms with Crippen molar-refractivity contribution in [2.45, 2.75) is 25.7 Å². The molecule has 0 atom stereocenters. The van der Waals surface area contributed by atoms with E-state index in [2.05, 4.69) is 21.6 Å². The topological polar surface area (TPSA) is 68.0 Å². The minimum Gasteiger partial charge on any atom is -0.403 e. The maximum Gasteiger partial charge on any atom is 0.322 e. The summed E-state index contributed by atoms with van der Waals surface area (Å²) in [6, 6.07) is 14.1. The van der Waals surface area contributed by atoms with E-state index in [-0.39, 0.29) is 17.7 Å². The van der Waals surface area contributed by atoms with E-state index in [9.17, 15) is 4.79 Å². The third-order valence-electron chi connectivity index (χ3n) is 3.67. The number of benzene rings is 2. The quantitative estimate of drug-likeness (QED) is 0.689. The van der Waals surface area contributed by atoms with Crippen molar-refractivity contribution in [3.63, 3.8) is 0 Å². The lowest BCUT2D eigenvalue weighted by atomic mass is 10.1. The van der Waals surface area contributed by atoms with Gasteiger partial charge in [-0.15, -0.1) is 16.9 Å². The minimum atomic E-state index is -0.179. The van der Waals surface area contributed by atoms with Gasteiger partial charge in [0.15, 0.2) is 0 Å². The van der Waals surface area contributed by atoms with Crippen molar-refractivity contribution in [3.05, 3.63) is 59.2 Å². The number of carbonyl (C=O) groups excluding carboxylic acids is 1. The largest absolute Gasteiger partial charge is 0.403 e. The van der Waals surface area contributed by atoms with Crippen LogP contribution in [-0.2, 0) is 4.79 Å². The summed E-state index contributed by atoms with van der Waals surface area (Å²) in [5, 5.41) is 10.6. The molecule has 6 heteroatoms. The Bertz CT molecular complexity index is 888. The first-order valence-electron chi connectivity index (χ1n) is 7.92. The monoisotopic (exact) mass is 353 g/mol. The van der Waals surface area contributed by atoms with Gasteiger partial charge < -0.3 is 4.42 Å². The zero-order valence-electron chi connectivity index (χ0n) is 14.4. The molecule has 0 saturated heterocycles. The average Bonchev–Trinajstić information content (AvgIpc) is 3.02. The molecule has 2 aromatic carbocycles. The second-order valence-corrected chi connectivity index (χ2v) is 6.93. The second-order valence-electron chi connectivity index (χ2n) is 5.88. The van der Waals surface area contributed by atoms with Crippen molar-refractivity contribution in [2.24, 2.45) is 0 Å². The molecule has 0 aliphatic carbocycles. The van der Waals surface area contributed by atoms with Crippen molar-refractivity contribution in [2.75, 3.05) is 11.1 Å². The van der Waals surface area contributed by atoms with Gasteiger partial charge in [0, 0.05) is 10.5 Å². The molecule has 0 saturated carbocycles. The zero-order chi connectivity index (χ0) is 17.8. The number of rotatable bonds is 5. The average molecular weight is 353 g/mol. The van der Waals surface area contributed by atoms with Gasteiger partial charge in [-0.3, -0.25) is 10.1 Å². The van der Waals surface area contributed by atoms with Crippen molar-refractivity contribution in [1.29, 1.82) is 0 Å². The summed E-state index contributed by atoms with van der Waals surface area (Å²) in [4.78, 5) is 13.1. The zero-order valence-corrected chi connectivity index (χ0v) is 15.2. The van der Waals surface area contributed by atoms with Crippen LogP contribution < -0.4 is 5.32 Å². The number of anilines is 1. The highest BCUT2D eigenvalue weighted by atomic mass is 32.2. The Morgan fingerprint density at radius 3 is 2.48 bits per heavy atom. The van der Waals surface area contributed by atoms with Crippen LogP contribution in [0.2, 0.25) is 0 Å². The first-order valence-corrected chi connectivity index (χ1v) is 8.90. The van der Waals surface area contributed by atoms with Gasteiger partial charge in [-0.25, -0.2) is 0 Å². The Hall–Kier alpha value is -2.60. The Labute approximate surface area is 150 Å². The van der Waals surface area contributed by atoms with Crippen LogP contribution >= 0.6 is 11.8 Å². The predicted molar refractivity (Wildman–Crippen MR) is 99.7 cm³/mol. The number of amides is 1. The molecule has 1 heterocycles. The Kier molecular flexibility index (Phi) is 5.19. The summed E-state index contributed by atoms with van der Waals surface area (Å²) < 4.78 is 5.57. The third-order valence-corrected chi connectivity index (χ3v) is 4.69. The molecule has 0 aliphatic rings. The van der Waals surface area contributed by atoms with Gasteiger partial charge in [-0.1, -0.05) is 40.5 Å². The van der Waals surface area contributed by atoms with Crippen molar-refractivity contribution < 1.29 is 9.21 Å². The maximum atomic E-state index is 12.1. The number of hydrogen-bond donors (Lipinski definition) is 1. The SMILES string of the molecule is Cc1ccc(SCC(=O)Nc2nnc(-c3ccc(C)cc3C)o2)cc1. The number of carbonyl (C=O) groups is 1. The van der Waals surface area contributed by atoms with Crippen LogP contribution in [0.25, 0.3) is 11.5 Å². The van der Waals surface area contributed by atoms with Gasteiger partial charge in [0.2, 0.25) is 11.8 Å². The Morgan fingerprint density at radius 1 is 1.04 bits per heavy atom. The summed E-state index contributed by atoms with van der Waals surface area (Å²) in [5.41, 5.74) is 4.28. The minimum absolute atomic E-state index is 0.115. The van der Waals surface area contributed by atoms with Crippen LogP contribution in [0.3, 0.4) is 0 Å². The van der Waals surface area contributed by atoms with E-state index in [0.29, 0.717) is 5.89 Å². The summed E-state index contributed by atoms with van der Waals surface area (Å²) in [6.07, 6.45) is 0. The molecule has 1 amide bonds. The van der Waals surface area contributed by atoms with Crippen LogP contribution in [0.1, 0.15) is 16.7 Å². The summed E-state index contributed by atoms with van der Waals surface area (Å²) in [5.74, 6) is 0.505. The van der Waals surface area contributed by atoms with Crippen LogP contribution in [0.15, 0.2) is 51.8 Å². The number of nitrogens with zero attached hydrogens (tertiary/aromatic N) is 2. The smallest absolute Gasteiger partial charge is 0.322 e. The predicted octanol–water partition coefficient (Wildman–Crippen LogP) is 4.39. The summed E-state index contributed by atoms with van der Waals surface area (Å²) in [6.45, 7) is 6.05. The standard InChI is InChI=1S/C19H19N3O2S/c1-12-4-7-15(8-5-12)25-11-17(23)20-19-22-21-18(24-19)16-9-6-13(2)10-14(16)3/h4-10H,11H2,1-3H3,(H,20,22,23). The van der Waals surface area contributed by atoms with Crippen LogP contribution in [0.4, 0.5) is 6.01 Å². The number of nitrogens with one attached hydrogen (secondary N) is 1. The van der Waals surface area contributed by atoms with E-state index in [0.717, 1.165) is 16.0 Å². The van der Waals surface area contributed by atoms with E-state index in [1.54, 1.807) is 0 Å². The number of hydrogen-bond acceptors (Lipinski definition) is 5. The van der Waals surface area contributed by atoms with E-state index in [4.69, 9.17) is 4.42 Å². The number of thioether (sulfide) groups is 1. The number of aryl methyl sites for hydroxylation is 3. The van der Waals surface area contributed by atoms with Crippen LogP contribution in [-0.4, -0.2) is 21.9 Å². The lowest BCUT2D eigenvalue weighted by molar-refractivity contribution is -0.113. The highest BCUT2D eigenvalue weighted by Gasteiger charge is 2.13. The molecule has 128 valence electrons. The van der Waals surface area contributed by atoms with Crippen molar-refractivity contribution >= 4 is 23.7 Å². The molecule has 1 N–H and O–H groups in total. The van der Waals surface area contributed by atoms with E-state index < -0.39 is 0 Å². The Balaban J connectivity index is 1.60. The number of aromatic nitrogens is 2. The first-order chi connectivity index (χ1) is 12.0. The highest BCUT2D eigenvalue weighted by molar-refractivity contribution is 8.00. The van der Waals surface area contributed by atoms with Gasteiger partial charge in [0.05, 0.1) is 5.75 Å². The second kappa shape index (κ2) is 7.53. The van der Waals surface area contributed by atoms with E-state index in [1.807, 2.05) is 57.2 Å². The third kappa shape index (κ3) is 4.48. The molecule has 0 aliphatic heterocycles. The molecule has 3 aromatic rings. The summed E-state index contributed by atoms with van der Waals surface area (Å²) in [7, 11) is 0. The van der Waals surface area contributed by atoms with Crippen molar-refractivity contribution in [1.82, 2.24) is 10.2 Å². The first kappa shape index (κ1) is 17.2. The molecule has 1 aromatic heterocycles. The maximum absolute atomic E-state index is 12.1. The van der Waals surface area contributed by atoms with Gasteiger partial charge in [-0.05, 0) is 44.5 Å². The lowest BCUT2D eigenvalue weighted by Gasteiger charge is -2.03. The highest BCUT2D eigenvalue weighted by Crippen LogP contribution is 2.24. The van der Waals surface area contributed by atoms with Gasteiger partial charge in [-0.2, -0.15) is 0 Å². The lowest BCUT2D eigenvalue weighted by Crippen LogP contribution is -2.14. The fraction of sp³-hybridized carbons (Fsp3) is 0.211. The van der Waals surface area contributed by atoms with Crippen LogP contribution in [0, 0.1) is 20.8 Å². The molecule has 0 radical (unpaired) electrons. The molecule has 3 rings (SSSR count). The Morgan fingerprint density at radius 2 is 1.76 bits per heavy atom. The van der Waals surface area contributed by atoms with E-state index >= 15 is 0 Å². The van der Waals surface area contributed by atoms with Gasteiger partial charge in [0.25, 0.3) is 0 Å². The van der Waals surface area contributed by atoms with Crippen molar-refractivity contribution in [3.8, 4) is 11.5 Å². The molecule has 0 spiro atoms. The molecule has 25 heavy (non-hydrogen) atoms. The molecule has 5 nitrogen and oxygen atoms in total. The molecule has 0 bridgehead atoms. The summed E-state index contributed by atoms with van der Waals surface area (Å²) >= 11 is 1.46. The van der Waals surface area contributed by atoms with Gasteiger partial charge >= 0.3 is 6.01 Å². The van der Waals surface area contributed by atoms with Gasteiger partial charge in [0.1, 0.15) is 0 Å². The molecule has 0 fully saturated rings. The normalized spacial score (nSPS) is 10.7. The fourth-order valence-corrected chi connectivity index (χ4v) is 3.07. The molecule has 0 unspecified atom stereocenters. The van der Waals surface area contributed by atoms with E-state index in [1.165, 1.54) is 22.9 Å². The fourth-order valence-electron chi connectivity index (χ4n) is 2.37. The van der Waals surface area contributed by atoms with Crippen LogP contribution in [0.5, 0.6) is 0 Å². The molecular weight excluding hydrogens is 334 g/mol. The molecular formula is C19H19N3O2S.